The van der Waals surface area contributed by atoms with Crippen molar-refractivity contribution in [1.82, 2.24) is 10.6 Å². The molecular formula is C21H29ClN2O4. The zero-order chi connectivity index (χ0) is 19.8. The average Bonchev–Trinajstić information content (AvgIpc) is 2.67. The maximum Gasteiger partial charge on any atom is 0.315 e. The van der Waals surface area contributed by atoms with Gasteiger partial charge in [0.15, 0.2) is 0 Å². The van der Waals surface area contributed by atoms with E-state index >= 15 is 0 Å². The molecule has 6 nitrogen and oxygen atoms in total. The minimum atomic E-state index is -0.237. The van der Waals surface area contributed by atoms with Gasteiger partial charge in [-0.3, -0.25) is 0 Å². The van der Waals surface area contributed by atoms with Crippen molar-refractivity contribution in [2.45, 2.75) is 26.3 Å². The summed E-state index contributed by atoms with van der Waals surface area (Å²) in [5.41, 5.74) is 3.08. The lowest BCUT2D eigenvalue weighted by atomic mass is 10.1. The van der Waals surface area contributed by atoms with Gasteiger partial charge >= 0.3 is 6.03 Å². The summed E-state index contributed by atoms with van der Waals surface area (Å²) in [7, 11) is 4.86. The Bertz CT molecular complexity index is 783. The second kappa shape index (κ2) is 11.3. The number of benzene rings is 2. The molecule has 0 aliphatic heterocycles. The van der Waals surface area contributed by atoms with Gasteiger partial charge in [0.25, 0.3) is 0 Å². The third-order valence-electron chi connectivity index (χ3n) is 4.37. The fourth-order valence-electron chi connectivity index (χ4n) is 2.92. The van der Waals surface area contributed by atoms with Crippen LogP contribution in [-0.2, 0) is 6.42 Å². The number of urea groups is 1. The van der Waals surface area contributed by atoms with Gasteiger partial charge in [0.05, 0.1) is 27.4 Å². The molecule has 2 amide bonds. The van der Waals surface area contributed by atoms with Crippen LogP contribution in [0.3, 0.4) is 0 Å². The van der Waals surface area contributed by atoms with E-state index in [2.05, 4.69) is 16.7 Å². The molecule has 1 unspecified atom stereocenters. The van der Waals surface area contributed by atoms with Crippen LogP contribution in [0.15, 0.2) is 36.4 Å². The van der Waals surface area contributed by atoms with E-state index in [1.54, 1.807) is 21.3 Å². The minimum Gasteiger partial charge on any atom is -0.497 e. The van der Waals surface area contributed by atoms with E-state index in [4.69, 9.17) is 14.2 Å². The molecule has 2 aromatic rings. The Morgan fingerprint density at radius 3 is 2.32 bits per heavy atom. The van der Waals surface area contributed by atoms with Crippen molar-refractivity contribution in [3.63, 3.8) is 0 Å². The highest BCUT2D eigenvalue weighted by molar-refractivity contribution is 5.85. The van der Waals surface area contributed by atoms with E-state index in [0.29, 0.717) is 24.5 Å². The highest BCUT2D eigenvalue weighted by Gasteiger charge is 2.15. The van der Waals surface area contributed by atoms with Crippen LogP contribution < -0.4 is 24.8 Å². The highest BCUT2D eigenvalue weighted by atomic mass is 35.5. The van der Waals surface area contributed by atoms with Crippen LogP contribution in [0.4, 0.5) is 4.79 Å². The summed E-state index contributed by atoms with van der Waals surface area (Å²) < 4.78 is 16.0. The summed E-state index contributed by atoms with van der Waals surface area (Å²) in [5, 5.41) is 5.82. The number of amides is 2. The van der Waals surface area contributed by atoms with Crippen molar-refractivity contribution in [3.8, 4) is 17.2 Å². The van der Waals surface area contributed by atoms with Gasteiger partial charge in [-0.25, -0.2) is 4.79 Å². The summed E-state index contributed by atoms with van der Waals surface area (Å²) in [6.07, 6.45) is 0.690. The Morgan fingerprint density at radius 1 is 1.00 bits per heavy atom. The third-order valence-corrected chi connectivity index (χ3v) is 4.37. The first kappa shape index (κ1) is 23.4. The molecule has 0 radical (unpaired) electrons. The number of rotatable bonds is 8. The molecule has 0 bridgehead atoms. The first-order chi connectivity index (χ1) is 13.0. The fraction of sp³-hybridized carbons (Fsp3) is 0.381. The van der Waals surface area contributed by atoms with E-state index in [1.165, 1.54) is 0 Å². The molecule has 7 heteroatoms. The van der Waals surface area contributed by atoms with Gasteiger partial charge in [0.2, 0.25) is 0 Å². The van der Waals surface area contributed by atoms with Gasteiger partial charge in [-0.1, -0.05) is 17.7 Å². The fourth-order valence-corrected chi connectivity index (χ4v) is 2.92. The molecule has 154 valence electrons. The summed E-state index contributed by atoms with van der Waals surface area (Å²) in [6.45, 7) is 4.44. The second-order valence-electron chi connectivity index (χ2n) is 6.30. The van der Waals surface area contributed by atoms with Gasteiger partial charge in [-0.2, -0.15) is 0 Å². The normalized spacial score (nSPS) is 11.0. The molecule has 2 rings (SSSR count). The number of halogens is 1. The van der Waals surface area contributed by atoms with Crippen molar-refractivity contribution in [2.75, 3.05) is 27.9 Å². The number of nitrogens with one attached hydrogen (secondary N) is 2. The molecule has 2 N–H and O–H groups in total. The van der Waals surface area contributed by atoms with Crippen LogP contribution in [0, 0.1) is 6.92 Å². The number of carbonyl (C=O) groups is 1. The van der Waals surface area contributed by atoms with Crippen LogP contribution in [-0.4, -0.2) is 33.9 Å². The van der Waals surface area contributed by atoms with Crippen LogP contribution in [0.2, 0.25) is 0 Å². The van der Waals surface area contributed by atoms with Crippen molar-refractivity contribution in [2.24, 2.45) is 0 Å². The SMILES string of the molecule is COc1ccc(OC)c(C(C)NC(=O)NCCc2cc(C)ccc2OC)c1.Cl. The first-order valence-electron chi connectivity index (χ1n) is 8.88. The number of ether oxygens (including phenoxy) is 3. The molecule has 0 fully saturated rings. The first-order valence-corrected chi connectivity index (χ1v) is 8.88. The van der Waals surface area contributed by atoms with Gasteiger partial charge in [0.1, 0.15) is 17.2 Å². The zero-order valence-electron chi connectivity index (χ0n) is 17.0. The predicted octanol–water partition coefficient (Wildman–Crippen LogP) is 4.05. The van der Waals surface area contributed by atoms with E-state index in [-0.39, 0.29) is 24.5 Å². The highest BCUT2D eigenvalue weighted by Crippen LogP contribution is 2.29. The molecule has 28 heavy (non-hydrogen) atoms. The second-order valence-corrected chi connectivity index (χ2v) is 6.30. The van der Waals surface area contributed by atoms with Gasteiger partial charge in [-0.15, -0.1) is 12.4 Å². The zero-order valence-corrected chi connectivity index (χ0v) is 17.8. The molecular weight excluding hydrogens is 380 g/mol. The molecule has 0 saturated heterocycles. The Morgan fingerprint density at radius 2 is 1.68 bits per heavy atom. The number of aryl methyl sites for hydroxylation is 1. The van der Waals surface area contributed by atoms with Gasteiger partial charge in [-0.05, 0) is 50.1 Å². The lowest BCUT2D eigenvalue weighted by molar-refractivity contribution is 0.237. The van der Waals surface area contributed by atoms with Crippen LogP contribution >= 0.6 is 12.4 Å². The largest absolute Gasteiger partial charge is 0.497 e. The summed E-state index contributed by atoms with van der Waals surface area (Å²) in [6, 6.07) is 11.1. The molecule has 0 heterocycles. The minimum absolute atomic E-state index is 0. The molecule has 2 aromatic carbocycles. The van der Waals surface area contributed by atoms with Crippen LogP contribution in [0.5, 0.6) is 17.2 Å². The lowest BCUT2D eigenvalue weighted by Gasteiger charge is -2.18. The summed E-state index contributed by atoms with van der Waals surface area (Å²) >= 11 is 0. The topological polar surface area (TPSA) is 68.8 Å². The Kier molecular flexibility index (Phi) is 9.45. The van der Waals surface area contributed by atoms with Crippen molar-refractivity contribution in [1.29, 1.82) is 0 Å². The molecule has 1 atom stereocenters. The number of carbonyl (C=O) groups excluding carboxylic acids is 1. The summed E-state index contributed by atoms with van der Waals surface area (Å²) in [5.74, 6) is 2.25. The number of hydrogen-bond donors (Lipinski definition) is 2. The smallest absolute Gasteiger partial charge is 0.315 e. The van der Waals surface area contributed by atoms with E-state index in [0.717, 1.165) is 22.4 Å². The van der Waals surface area contributed by atoms with Gasteiger partial charge in [0, 0.05) is 12.1 Å². The van der Waals surface area contributed by atoms with Crippen molar-refractivity contribution >= 4 is 18.4 Å². The Hall–Kier alpha value is -2.60. The van der Waals surface area contributed by atoms with E-state index in [1.807, 2.05) is 44.2 Å². The Labute approximate surface area is 173 Å². The quantitative estimate of drug-likeness (QED) is 0.691. The monoisotopic (exact) mass is 408 g/mol. The number of hydrogen-bond acceptors (Lipinski definition) is 4. The molecule has 0 saturated carbocycles. The van der Waals surface area contributed by atoms with Crippen LogP contribution in [0.1, 0.15) is 29.7 Å². The standard InChI is InChI=1S/C21H28N2O4.ClH/c1-14-6-8-19(26-4)16(12-14)10-11-22-21(24)23-15(2)18-13-17(25-3)7-9-20(18)27-5;/h6-9,12-13,15H,10-11H2,1-5H3,(H2,22,23,24);1H. The maximum atomic E-state index is 12.3. The maximum absolute atomic E-state index is 12.3. The molecule has 0 aliphatic rings. The average molecular weight is 409 g/mol. The third kappa shape index (κ3) is 6.23. The molecule has 0 aliphatic carbocycles. The lowest BCUT2D eigenvalue weighted by Crippen LogP contribution is -2.38. The molecule has 0 aromatic heterocycles. The number of methoxy groups -OCH3 is 3. The summed E-state index contributed by atoms with van der Waals surface area (Å²) in [4.78, 5) is 12.3. The van der Waals surface area contributed by atoms with E-state index < -0.39 is 0 Å². The molecule has 0 spiro atoms. The van der Waals surface area contributed by atoms with Crippen LogP contribution in [0.25, 0.3) is 0 Å². The Balaban J connectivity index is 0.00000392. The van der Waals surface area contributed by atoms with E-state index in [9.17, 15) is 4.79 Å². The van der Waals surface area contributed by atoms with Gasteiger partial charge < -0.3 is 24.8 Å². The van der Waals surface area contributed by atoms with Crippen molar-refractivity contribution < 1.29 is 19.0 Å². The predicted molar refractivity (Wildman–Crippen MR) is 113 cm³/mol. The van der Waals surface area contributed by atoms with Crippen molar-refractivity contribution in [3.05, 3.63) is 53.1 Å².